The summed E-state index contributed by atoms with van der Waals surface area (Å²) in [6, 6.07) is 3.02. The predicted octanol–water partition coefficient (Wildman–Crippen LogP) is 2.43. The topological polar surface area (TPSA) is 36.3 Å². The standard InChI is InChI=1S/C14H24N2O/c1-2-12-4-5-13(11-15)14(10-12)16-6-3-8-17-9-7-16/h12-14H,2-10H2,1H3. The van der Waals surface area contributed by atoms with Crippen molar-refractivity contribution in [2.45, 2.75) is 45.1 Å². The number of ether oxygens (including phenoxy) is 1. The summed E-state index contributed by atoms with van der Waals surface area (Å²) in [5.41, 5.74) is 0. The van der Waals surface area contributed by atoms with Crippen LogP contribution in [0, 0.1) is 23.2 Å². The maximum absolute atomic E-state index is 9.31. The van der Waals surface area contributed by atoms with E-state index < -0.39 is 0 Å². The lowest BCUT2D eigenvalue weighted by Gasteiger charge is -2.39. The van der Waals surface area contributed by atoms with E-state index in [-0.39, 0.29) is 5.92 Å². The van der Waals surface area contributed by atoms with Gasteiger partial charge in [0.25, 0.3) is 0 Å². The highest BCUT2D eigenvalue weighted by molar-refractivity contribution is 4.97. The normalized spacial score (nSPS) is 36.1. The first-order valence-electron chi connectivity index (χ1n) is 7.06. The van der Waals surface area contributed by atoms with Crippen LogP contribution in [0.2, 0.25) is 0 Å². The van der Waals surface area contributed by atoms with E-state index >= 15 is 0 Å². The van der Waals surface area contributed by atoms with Crippen molar-refractivity contribution in [3.63, 3.8) is 0 Å². The molecule has 0 bridgehead atoms. The van der Waals surface area contributed by atoms with Crippen LogP contribution in [0.1, 0.15) is 39.0 Å². The molecule has 0 aromatic rings. The van der Waals surface area contributed by atoms with Crippen molar-refractivity contribution in [1.29, 1.82) is 5.26 Å². The van der Waals surface area contributed by atoms with Gasteiger partial charge in [0.1, 0.15) is 0 Å². The Morgan fingerprint density at radius 3 is 2.94 bits per heavy atom. The van der Waals surface area contributed by atoms with E-state index in [1.807, 2.05) is 0 Å². The SMILES string of the molecule is CCC1CCC(C#N)C(N2CCCOCC2)C1. The minimum atomic E-state index is 0.246. The molecule has 2 rings (SSSR count). The molecule has 3 nitrogen and oxygen atoms in total. The number of nitriles is 1. The van der Waals surface area contributed by atoms with Crippen molar-refractivity contribution in [3.8, 4) is 6.07 Å². The molecule has 0 radical (unpaired) electrons. The number of hydrogen-bond donors (Lipinski definition) is 0. The Hall–Kier alpha value is -0.590. The Labute approximate surface area is 105 Å². The maximum atomic E-state index is 9.31. The minimum absolute atomic E-state index is 0.246. The van der Waals surface area contributed by atoms with Gasteiger partial charge >= 0.3 is 0 Å². The fourth-order valence-electron chi connectivity index (χ4n) is 3.25. The smallest absolute Gasteiger partial charge is 0.0672 e. The quantitative estimate of drug-likeness (QED) is 0.739. The van der Waals surface area contributed by atoms with Crippen LogP contribution >= 0.6 is 0 Å². The Bertz CT molecular complexity index is 266. The molecule has 0 amide bonds. The summed E-state index contributed by atoms with van der Waals surface area (Å²) in [4.78, 5) is 2.52. The zero-order valence-electron chi connectivity index (χ0n) is 10.9. The summed E-state index contributed by atoms with van der Waals surface area (Å²) in [5, 5.41) is 9.31. The van der Waals surface area contributed by atoms with Crippen LogP contribution in [-0.4, -0.2) is 37.2 Å². The second-order valence-corrected chi connectivity index (χ2v) is 5.39. The summed E-state index contributed by atoms with van der Waals surface area (Å²) in [7, 11) is 0. The van der Waals surface area contributed by atoms with Gasteiger partial charge in [0.05, 0.1) is 18.6 Å². The van der Waals surface area contributed by atoms with Gasteiger partial charge in [-0.1, -0.05) is 13.3 Å². The molecule has 96 valence electrons. The molecule has 0 aromatic carbocycles. The third kappa shape index (κ3) is 3.20. The lowest BCUT2D eigenvalue weighted by molar-refractivity contribution is 0.0889. The molecule has 1 saturated carbocycles. The summed E-state index contributed by atoms with van der Waals surface area (Å²) in [5.74, 6) is 1.07. The van der Waals surface area contributed by atoms with Crippen LogP contribution in [-0.2, 0) is 4.74 Å². The molecule has 3 atom stereocenters. The average Bonchev–Trinajstić information content (AvgIpc) is 2.66. The second-order valence-electron chi connectivity index (χ2n) is 5.39. The van der Waals surface area contributed by atoms with Crippen LogP contribution < -0.4 is 0 Å². The van der Waals surface area contributed by atoms with E-state index in [1.165, 1.54) is 19.3 Å². The van der Waals surface area contributed by atoms with Crippen molar-refractivity contribution in [2.24, 2.45) is 11.8 Å². The Morgan fingerprint density at radius 2 is 2.18 bits per heavy atom. The van der Waals surface area contributed by atoms with Gasteiger partial charge in [0.15, 0.2) is 0 Å². The van der Waals surface area contributed by atoms with Gasteiger partial charge in [-0.25, -0.2) is 0 Å². The minimum Gasteiger partial charge on any atom is -0.380 e. The number of rotatable bonds is 2. The first-order valence-corrected chi connectivity index (χ1v) is 7.06. The molecule has 3 heteroatoms. The molecule has 1 saturated heterocycles. The van der Waals surface area contributed by atoms with Gasteiger partial charge in [-0.05, 0) is 31.6 Å². The third-order valence-electron chi connectivity index (χ3n) is 4.39. The molecule has 17 heavy (non-hydrogen) atoms. The molecule has 1 aliphatic heterocycles. The van der Waals surface area contributed by atoms with E-state index in [0.717, 1.165) is 45.1 Å². The van der Waals surface area contributed by atoms with Gasteiger partial charge < -0.3 is 4.74 Å². The predicted molar refractivity (Wildman–Crippen MR) is 67.5 cm³/mol. The van der Waals surface area contributed by atoms with Crippen LogP contribution in [0.15, 0.2) is 0 Å². The Balaban J connectivity index is 2.00. The fraction of sp³-hybridized carbons (Fsp3) is 0.929. The zero-order chi connectivity index (χ0) is 12.1. The monoisotopic (exact) mass is 236 g/mol. The molecule has 0 spiro atoms. The van der Waals surface area contributed by atoms with Gasteiger partial charge in [0, 0.05) is 25.7 Å². The Kier molecular flexibility index (Phi) is 4.82. The van der Waals surface area contributed by atoms with Crippen LogP contribution in [0.3, 0.4) is 0 Å². The van der Waals surface area contributed by atoms with Crippen molar-refractivity contribution in [3.05, 3.63) is 0 Å². The summed E-state index contributed by atoms with van der Waals surface area (Å²) in [6.07, 6.45) is 5.94. The highest BCUT2D eigenvalue weighted by atomic mass is 16.5. The fourth-order valence-corrected chi connectivity index (χ4v) is 3.25. The van der Waals surface area contributed by atoms with Crippen LogP contribution in [0.25, 0.3) is 0 Å². The summed E-state index contributed by atoms with van der Waals surface area (Å²) >= 11 is 0. The van der Waals surface area contributed by atoms with Crippen molar-refractivity contribution in [1.82, 2.24) is 4.90 Å². The third-order valence-corrected chi connectivity index (χ3v) is 4.39. The summed E-state index contributed by atoms with van der Waals surface area (Å²) < 4.78 is 5.51. The van der Waals surface area contributed by atoms with E-state index in [4.69, 9.17) is 4.74 Å². The second kappa shape index (κ2) is 6.37. The van der Waals surface area contributed by atoms with E-state index in [0.29, 0.717) is 6.04 Å². The average molecular weight is 236 g/mol. The first-order chi connectivity index (χ1) is 8.35. The molecular weight excluding hydrogens is 212 g/mol. The molecule has 0 N–H and O–H groups in total. The maximum Gasteiger partial charge on any atom is 0.0672 e. The summed E-state index contributed by atoms with van der Waals surface area (Å²) in [6.45, 7) is 6.13. The van der Waals surface area contributed by atoms with E-state index in [2.05, 4.69) is 17.9 Å². The highest BCUT2D eigenvalue weighted by Gasteiger charge is 2.33. The first kappa shape index (κ1) is 12.9. The lowest BCUT2D eigenvalue weighted by atomic mass is 9.77. The van der Waals surface area contributed by atoms with Crippen LogP contribution in [0.5, 0.6) is 0 Å². The molecule has 0 aromatic heterocycles. The van der Waals surface area contributed by atoms with Crippen LogP contribution in [0.4, 0.5) is 0 Å². The lowest BCUT2D eigenvalue weighted by Crippen LogP contribution is -2.45. The van der Waals surface area contributed by atoms with Crippen molar-refractivity contribution < 1.29 is 4.74 Å². The van der Waals surface area contributed by atoms with Gasteiger partial charge in [0.2, 0.25) is 0 Å². The van der Waals surface area contributed by atoms with E-state index in [9.17, 15) is 5.26 Å². The number of hydrogen-bond acceptors (Lipinski definition) is 3. The van der Waals surface area contributed by atoms with Gasteiger partial charge in [-0.15, -0.1) is 0 Å². The molecule has 1 aliphatic carbocycles. The molecule has 2 fully saturated rings. The van der Waals surface area contributed by atoms with Crippen molar-refractivity contribution >= 4 is 0 Å². The molecular formula is C14H24N2O. The molecule has 2 aliphatic rings. The highest BCUT2D eigenvalue weighted by Crippen LogP contribution is 2.34. The largest absolute Gasteiger partial charge is 0.380 e. The number of nitrogens with zero attached hydrogens (tertiary/aromatic N) is 2. The molecule has 3 unspecified atom stereocenters. The van der Waals surface area contributed by atoms with E-state index in [1.54, 1.807) is 0 Å². The van der Waals surface area contributed by atoms with Gasteiger partial charge in [-0.2, -0.15) is 5.26 Å². The van der Waals surface area contributed by atoms with Crippen molar-refractivity contribution in [2.75, 3.05) is 26.3 Å². The Morgan fingerprint density at radius 1 is 1.29 bits per heavy atom. The van der Waals surface area contributed by atoms with Gasteiger partial charge in [-0.3, -0.25) is 4.90 Å². The molecule has 1 heterocycles. The zero-order valence-corrected chi connectivity index (χ0v) is 10.9.